The fourth-order valence-electron chi connectivity index (χ4n) is 3.31. The predicted molar refractivity (Wildman–Crippen MR) is 93.7 cm³/mol. The van der Waals surface area contributed by atoms with Gasteiger partial charge in [-0.05, 0) is 31.7 Å². The summed E-state index contributed by atoms with van der Waals surface area (Å²) < 4.78 is 31.1. The van der Waals surface area contributed by atoms with E-state index in [1.165, 1.54) is 4.31 Å². The molecule has 134 valence electrons. The molecule has 2 fully saturated rings. The van der Waals surface area contributed by atoms with Crippen LogP contribution >= 0.6 is 0 Å². The van der Waals surface area contributed by atoms with Crippen molar-refractivity contribution >= 4 is 15.7 Å². The molecule has 9 heteroatoms. The molecule has 1 unspecified atom stereocenters. The first-order chi connectivity index (χ1) is 12.0. The molecule has 0 spiro atoms. The molecule has 0 aliphatic carbocycles. The van der Waals surface area contributed by atoms with Gasteiger partial charge in [-0.15, -0.1) is 0 Å². The van der Waals surface area contributed by atoms with Gasteiger partial charge in [-0.3, -0.25) is 9.21 Å². The van der Waals surface area contributed by atoms with E-state index < -0.39 is 10.0 Å². The van der Waals surface area contributed by atoms with Crippen molar-refractivity contribution in [2.45, 2.75) is 12.5 Å². The zero-order valence-corrected chi connectivity index (χ0v) is 14.9. The first-order valence-electron chi connectivity index (χ1n) is 8.40. The summed E-state index contributed by atoms with van der Waals surface area (Å²) in [5.41, 5.74) is 1.37. The minimum absolute atomic E-state index is 0.0772. The van der Waals surface area contributed by atoms with Crippen molar-refractivity contribution in [3.05, 3.63) is 30.1 Å². The van der Waals surface area contributed by atoms with Crippen LogP contribution in [0.5, 0.6) is 0 Å². The first-order valence-corrected chi connectivity index (χ1v) is 10.0. The number of nitrogens with one attached hydrogen (secondary N) is 1. The van der Waals surface area contributed by atoms with Gasteiger partial charge in [-0.25, -0.2) is 8.42 Å². The predicted octanol–water partition coefficient (Wildman–Crippen LogP) is 0.853. The second kappa shape index (κ2) is 6.40. The van der Waals surface area contributed by atoms with Crippen molar-refractivity contribution in [1.82, 2.24) is 20.4 Å². The Hall–Kier alpha value is -1.97. The highest BCUT2D eigenvalue weighted by Crippen LogP contribution is 2.29. The lowest BCUT2D eigenvalue weighted by molar-refractivity contribution is 0.190. The lowest BCUT2D eigenvalue weighted by atomic mass is 10.2. The van der Waals surface area contributed by atoms with E-state index in [0.29, 0.717) is 30.4 Å². The molecule has 0 radical (unpaired) electrons. The molecule has 2 aliphatic heterocycles. The van der Waals surface area contributed by atoms with Gasteiger partial charge >= 0.3 is 0 Å². The fraction of sp³-hybridized carbons (Fsp3) is 0.500. The lowest BCUT2D eigenvalue weighted by Gasteiger charge is -2.30. The Bertz CT molecular complexity index is 866. The summed E-state index contributed by atoms with van der Waals surface area (Å²) in [6.45, 7) is 3.17. The molecule has 0 amide bonds. The van der Waals surface area contributed by atoms with Crippen molar-refractivity contribution in [2.24, 2.45) is 0 Å². The highest BCUT2D eigenvalue weighted by Gasteiger charge is 2.29. The van der Waals surface area contributed by atoms with Gasteiger partial charge in [0.05, 0.1) is 17.5 Å². The Morgan fingerprint density at radius 2 is 2.20 bits per heavy atom. The summed E-state index contributed by atoms with van der Waals surface area (Å²) >= 11 is 0. The molecular weight excluding hydrogens is 342 g/mol. The molecule has 25 heavy (non-hydrogen) atoms. The quantitative estimate of drug-likeness (QED) is 0.864. The van der Waals surface area contributed by atoms with Gasteiger partial charge in [0.25, 0.3) is 5.89 Å². The Kier molecular flexibility index (Phi) is 4.22. The van der Waals surface area contributed by atoms with Crippen molar-refractivity contribution in [1.29, 1.82) is 0 Å². The van der Waals surface area contributed by atoms with E-state index in [2.05, 4.69) is 20.4 Å². The number of hydrogen-bond acceptors (Lipinski definition) is 7. The summed E-state index contributed by atoms with van der Waals surface area (Å²) in [6, 6.07) is 7.34. The topological polar surface area (TPSA) is 91.6 Å². The summed E-state index contributed by atoms with van der Waals surface area (Å²) in [4.78, 5) is 6.72. The normalized spacial score (nSPS) is 23.9. The van der Waals surface area contributed by atoms with E-state index in [4.69, 9.17) is 4.52 Å². The van der Waals surface area contributed by atoms with Gasteiger partial charge < -0.3 is 9.84 Å². The SMILES string of the molecule is CN1CCNCC1c1noc(-c2cccc(N3CCCS3(=O)=O)c2)n1. The van der Waals surface area contributed by atoms with Crippen LogP contribution < -0.4 is 9.62 Å². The van der Waals surface area contributed by atoms with Crippen LogP contribution in [0, 0.1) is 0 Å². The number of hydrogen-bond donors (Lipinski definition) is 1. The number of nitrogens with zero attached hydrogens (tertiary/aromatic N) is 4. The van der Waals surface area contributed by atoms with E-state index in [0.717, 1.165) is 25.2 Å². The minimum atomic E-state index is -3.21. The van der Waals surface area contributed by atoms with Crippen LogP contribution in [0.2, 0.25) is 0 Å². The maximum atomic E-state index is 12.1. The van der Waals surface area contributed by atoms with Crippen LogP contribution in [-0.4, -0.2) is 62.4 Å². The molecule has 2 aliphatic rings. The molecule has 3 heterocycles. The molecule has 2 aromatic rings. The Balaban J connectivity index is 1.62. The maximum Gasteiger partial charge on any atom is 0.258 e. The summed E-state index contributed by atoms with van der Waals surface area (Å²) in [6.07, 6.45) is 0.651. The third-order valence-corrected chi connectivity index (χ3v) is 6.60. The van der Waals surface area contributed by atoms with Crippen LogP contribution in [0.3, 0.4) is 0 Å². The van der Waals surface area contributed by atoms with Gasteiger partial charge in [-0.2, -0.15) is 4.98 Å². The number of aromatic nitrogens is 2. The van der Waals surface area contributed by atoms with Gasteiger partial charge in [-0.1, -0.05) is 11.2 Å². The number of sulfonamides is 1. The minimum Gasteiger partial charge on any atom is -0.334 e. The van der Waals surface area contributed by atoms with Gasteiger partial charge in [0.15, 0.2) is 5.82 Å². The molecule has 8 nitrogen and oxygen atoms in total. The van der Waals surface area contributed by atoms with E-state index in [-0.39, 0.29) is 11.8 Å². The summed E-state index contributed by atoms with van der Waals surface area (Å²) in [5, 5.41) is 7.45. The average molecular weight is 363 g/mol. The summed E-state index contributed by atoms with van der Waals surface area (Å²) in [7, 11) is -1.16. The Morgan fingerprint density at radius 1 is 1.32 bits per heavy atom. The fourth-order valence-corrected chi connectivity index (χ4v) is 4.86. The first kappa shape index (κ1) is 16.5. The zero-order valence-electron chi connectivity index (χ0n) is 14.1. The van der Waals surface area contributed by atoms with E-state index >= 15 is 0 Å². The van der Waals surface area contributed by atoms with Crippen LogP contribution in [0.4, 0.5) is 5.69 Å². The van der Waals surface area contributed by atoms with Crippen LogP contribution in [0.25, 0.3) is 11.5 Å². The van der Waals surface area contributed by atoms with Crippen LogP contribution in [0.15, 0.2) is 28.8 Å². The third kappa shape index (κ3) is 3.14. The average Bonchev–Trinajstić information content (AvgIpc) is 3.22. The highest BCUT2D eigenvalue weighted by molar-refractivity contribution is 7.93. The molecule has 1 atom stereocenters. The highest BCUT2D eigenvalue weighted by atomic mass is 32.2. The van der Waals surface area contributed by atoms with Gasteiger partial charge in [0.1, 0.15) is 0 Å². The van der Waals surface area contributed by atoms with Gasteiger partial charge in [0, 0.05) is 31.7 Å². The number of piperazine rings is 1. The number of rotatable bonds is 3. The van der Waals surface area contributed by atoms with Crippen LogP contribution in [-0.2, 0) is 10.0 Å². The van der Waals surface area contributed by atoms with E-state index in [9.17, 15) is 8.42 Å². The van der Waals surface area contributed by atoms with Crippen molar-refractivity contribution in [2.75, 3.05) is 43.3 Å². The second-order valence-electron chi connectivity index (χ2n) is 6.45. The van der Waals surface area contributed by atoms with Crippen molar-refractivity contribution in [3.8, 4) is 11.5 Å². The lowest BCUT2D eigenvalue weighted by Crippen LogP contribution is -2.44. The van der Waals surface area contributed by atoms with E-state index in [1.54, 1.807) is 12.1 Å². The van der Waals surface area contributed by atoms with Crippen molar-refractivity contribution < 1.29 is 12.9 Å². The smallest absolute Gasteiger partial charge is 0.258 e. The molecule has 0 saturated carbocycles. The molecule has 1 aromatic carbocycles. The number of benzene rings is 1. The number of likely N-dealkylation sites (N-methyl/N-ethyl adjacent to an activating group) is 1. The Morgan fingerprint density at radius 3 is 2.96 bits per heavy atom. The van der Waals surface area contributed by atoms with Crippen molar-refractivity contribution in [3.63, 3.8) is 0 Å². The van der Waals surface area contributed by atoms with Gasteiger partial charge in [0.2, 0.25) is 10.0 Å². The largest absolute Gasteiger partial charge is 0.334 e. The van der Waals surface area contributed by atoms with Crippen LogP contribution in [0.1, 0.15) is 18.3 Å². The maximum absolute atomic E-state index is 12.1. The summed E-state index contributed by atoms with van der Waals surface area (Å²) in [5.74, 6) is 1.25. The third-order valence-electron chi connectivity index (χ3n) is 4.73. The molecule has 1 aromatic heterocycles. The molecule has 1 N–H and O–H groups in total. The van der Waals surface area contributed by atoms with E-state index in [1.807, 2.05) is 19.2 Å². The second-order valence-corrected chi connectivity index (χ2v) is 8.46. The molecule has 0 bridgehead atoms. The Labute approximate surface area is 146 Å². The molecule has 4 rings (SSSR count). The number of anilines is 1. The molecular formula is C16H21N5O3S. The molecule has 2 saturated heterocycles. The standard InChI is InChI=1S/C16H21N5O3S/c1-20-8-6-17-11-14(20)15-18-16(24-19-15)12-4-2-5-13(10-12)21-7-3-9-25(21,22)23/h2,4-5,10,14,17H,3,6-9,11H2,1H3. The zero-order chi connectivity index (χ0) is 17.4. The monoisotopic (exact) mass is 363 g/mol.